The van der Waals surface area contributed by atoms with E-state index in [1.807, 2.05) is 0 Å². The van der Waals surface area contributed by atoms with Crippen LogP contribution >= 0.6 is 0 Å². The molecule has 0 bridgehead atoms. The summed E-state index contributed by atoms with van der Waals surface area (Å²) in [6, 6.07) is 9.14. The molecule has 1 aromatic rings. The van der Waals surface area contributed by atoms with Crippen LogP contribution in [0.25, 0.3) is 0 Å². The molecule has 1 heteroatoms. The maximum absolute atomic E-state index is 6.26. The first-order valence-electron chi connectivity index (χ1n) is 6.34. The number of benzene rings is 1. The second-order valence-corrected chi connectivity index (χ2v) is 6.09. The van der Waals surface area contributed by atoms with Crippen LogP contribution in [0.2, 0.25) is 0 Å². The van der Waals surface area contributed by atoms with Gasteiger partial charge in [-0.2, -0.15) is 0 Å². The maximum atomic E-state index is 6.26. The summed E-state index contributed by atoms with van der Waals surface area (Å²) in [5.41, 5.74) is 9.18. The van der Waals surface area contributed by atoms with Crippen molar-refractivity contribution in [2.24, 2.45) is 11.7 Å². The van der Waals surface area contributed by atoms with E-state index in [0.717, 1.165) is 5.92 Å². The molecule has 1 aromatic carbocycles. The highest BCUT2D eigenvalue weighted by Gasteiger charge is 2.25. The van der Waals surface area contributed by atoms with Crippen molar-refractivity contribution in [1.82, 2.24) is 0 Å². The standard InChI is InChI=1S/C15H23N/c1-15(2,3)13-9-7-12(8-10-13)14(16)11-5-4-6-11/h7-11,14H,4-6,16H2,1-3H3. The van der Waals surface area contributed by atoms with Gasteiger partial charge in [-0.25, -0.2) is 0 Å². The molecule has 16 heavy (non-hydrogen) atoms. The van der Waals surface area contributed by atoms with Crippen molar-refractivity contribution in [3.63, 3.8) is 0 Å². The first kappa shape index (κ1) is 11.7. The van der Waals surface area contributed by atoms with Crippen molar-refractivity contribution in [2.75, 3.05) is 0 Å². The lowest BCUT2D eigenvalue weighted by Gasteiger charge is -2.31. The predicted octanol–water partition coefficient (Wildman–Crippen LogP) is 3.78. The molecular formula is C15H23N. The fourth-order valence-corrected chi connectivity index (χ4v) is 2.28. The summed E-state index contributed by atoms with van der Waals surface area (Å²) in [5, 5.41) is 0. The van der Waals surface area contributed by atoms with Crippen molar-refractivity contribution in [2.45, 2.75) is 51.5 Å². The van der Waals surface area contributed by atoms with E-state index in [1.165, 1.54) is 30.4 Å². The average Bonchev–Trinajstić information content (AvgIpc) is 2.14. The Kier molecular flexibility index (Phi) is 3.07. The van der Waals surface area contributed by atoms with Crippen LogP contribution in [0.4, 0.5) is 0 Å². The van der Waals surface area contributed by atoms with E-state index in [-0.39, 0.29) is 11.5 Å². The number of hydrogen-bond acceptors (Lipinski definition) is 1. The molecule has 1 fully saturated rings. The van der Waals surface area contributed by atoms with E-state index < -0.39 is 0 Å². The molecule has 1 aliphatic carbocycles. The largest absolute Gasteiger partial charge is 0.324 e. The molecule has 0 heterocycles. The molecule has 1 saturated carbocycles. The first-order chi connectivity index (χ1) is 7.48. The topological polar surface area (TPSA) is 26.0 Å². The zero-order valence-corrected chi connectivity index (χ0v) is 10.7. The van der Waals surface area contributed by atoms with E-state index in [0.29, 0.717) is 0 Å². The van der Waals surface area contributed by atoms with E-state index in [1.54, 1.807) is 0 Å². The molecule has 1 atom stereocenters. The monoisotopic (exact) mass is 217 g/mol. The SMILES string of the molecule is CC(C)(C)c1ccc(C(N)C2CCC2)cc1. The molecule has 1 aliphatic rings. The van der Waals surface area contributed by atoms with Gasteiger partial charge in [-0.3, -0.25) is 0 Å². The molecule has 0 aromatic heterocycles. The van der Waals surface area contributed by atoms with Crippen LogP contribution in [-0.4, -0.2) is 0 Å². The Morgan fingerprint density at radius 1 is 1.12 bits per heavy atom. The molecular weight excluding hydrogens is 194 g/mol. The molecule has 2 rings (SSSR count). The van der Waals surface area contributed by atoms with Crippen LogP contribution in [0.5, 0.6) is 0 Å². The summed E-state index contributed by atoms with van der Waals surface area (Å²) in [4.78, 5) is 0. The minimum atomic E-state index is 0.235. The number of hydrogen-bond donors (Lipinski definition) is 1. The number of rotatable bonds is 2. The molecule has 1 nitrogen and oxygen atoms in total. The molecule has 0 amide bonds. The Morgan fingerprint density at radius 2 is 1.69 bits per heavy atom. The average molecular weight is 217 g/mol. The van der Waals surface area contributed by atoms with Gasteiger partial charge in [-0.05, 0) is 35.3 Å². The van der Waals surface area contributed by atoms with Gasteiger partial charge in [0.2, 0.25) is 0 Å². The molecule has 88 valence electrons. The van der Waals surface area contributed by atoms with Crippen LogP contribution in [-0.2, 0) is 5.41 Å². The normalized spacial score (nSPS) is 19.2. The quantitative estimate of drug-likeness (QED) is 0.801. The zero-order chi connectivity index (χ0) is 11.8. The fourth-order valence-electron chi connectivity index (χ4n) is 2.28. The van der Waals surface area contributed by atoms with Gasteiger partial charge in [0.15, 0.2) is 0 Å². The second-order valence-electron chi connectivity index (χ2n) is 6.09. The van der Waals surface area contributed by atoms with Gasteiger partial charge in [0.1, 0.15) is 0 Å². The third-order valence-corrected chi connectivity index (χ3v) is 3.82. The third-order valence-electron chi connectivity index (χ3n) is 3.82. The minimum absolute atomic E-state index is 0.235. The highest BCUT2D eigenvalue weighted by Crippen LogP contribution is 2.36. The highest BCUT2D eigenvalue weighted by atomic mass is 14.7. The smallest absolute Gasteiger partial charge is 0.0323 e. The zero-order valence-electron chi connectivity index (χ0n) is 10.7. The Labute approximate surface area is 99.0 Å². The Bertz CT molecular complexity index is 341. The first-order valence-corrected chi connectivity index (χ1v) is 6.34. The highest BCUT2D eigenvalue weighted by molar-refractivity contribution is 5.29. The Hall–Kier alpha value is -0.820. The van der Waals surface area contributed by atoms with Crippen LogP contribution in [0, 0.1) is 5.92 Å². The van der Waals surface area contributed by atoms with Crippen LogP contribution in [0.3, 0.4) is 0 Å². The van der Waals surface area contributed by atoms with Gasteiger partial charge in [-0.1, -0.05) is 51.5 Å². The molecule has 0 saturated heterocycles. The minimum Gasteiger partial charge on any atom is -0.324 e. The van der Waals surface area contributed by atoms with E-state index in [2.05, 4.69) is 45.0 Å². The number of nitrogens with two attached hydrogens (primary N) is 1. The van der Waals surface area contributed by atoms with Gasteiger partial charge in [0.05, 0.1) is 0 Å². The van der Waals surface area contributed by atoms with Gasteiger partial charge >= 0.3 is 0 Å². The van der Waals surface area contributed by atoms with Gasteiger partial charge in [-0.15, -0.1) is 0 Å². The summed E-state index contributed by atoms with van der Waals surface area (Å²) >= 11 is 0. The molecule has 2 N–H and O–H groups in total. The summed E-state index contributed by atoms with van der Waals surface area (Å²) in [7, 11) is 0. The van der Waals surface area contributed by atoms with E-state index in [9.17, 15) is 0 Å². The van der Waals surface area contributed by atoms with Crippen molar-refractivity contribution >= 4 is 0 Å². The van der Waals surface area contributed by atoms with Crippen LogP contribution in [0.15, 0.2) is 24.3 Å². The van der Waals surface area contributed by atoms with Gasteiger partial charge in [0.25, 0.3) is 0 Å². The predicted molar refractivity (Wildman–Crippen MR) is 69.4 cm³/mol. The molecule has 0 aliphatic heterocycles. The van der Waals surface area contributed by atoms with Crippen molar-refractivity contribution in [3.05, 3.63) is 35.4 Å². The third kappa shape index (κ3) is 2.30. The summed E-state index contributed by atoms with van der Waals surface area (Å²) in [5.74, 6) is 0.723. The van der Waals surface area contributed by atoms with E-state index in [4.69, 9.17) is 5.73 Å². The van der Waals surface area contributed by atoms with Gasteiger partial charge in [0, 0.05) is 6.04 Å². The Balaban J connectivity index is 2.12. The van der Waals surface area contributed by atoms with E-state index >= 15 is 0 Å². The van der Waals surface area contributed by atoms with Crippen molar-refractivity contribution in [1.29, 1.82) is 0 Å². The van der Waals surface area contributed by atoms with Crippen molar-refractivity contribution in [3.8, 4) is 0 Å². The van der Waals surface area contributed by atoms with Crippen LogP contribution < -0.4 is 5.73 Å². The summed E-state index contributed by atoms with van der Waals surface area (Å²) in [6.07, 6.45) is 3.98. The van der Waals surface area contributed by atoms with Gasteiger partial charge < -0.3 is 5.73 Å². The lowest BCUT2D eigenvalue weighted by atomic mass is 9.77. The lowest BCUT2D eigenvalue weighted by molar-refractivity contribution is 0.264. The summed E-state index contributed by atoms with van der Waals surface area (Å²) < 4.78 is 0. The van der Waals surface area contributed by atoms with Crippen LogP contribution in [0.1, 0.15) is 57.2 Å². The van der Waals surface area contributed by atoms with Crippen molar-refractivity contribution < 1.29 is 0 Å². The summed E-state index contributed by atoms with van der Waals surface area (Å²) in [6.45, 7) is 6.73. The fraction of sp³-hybridized carbons (Fsp3) is 0.600. The molecule has 1 unspecified atom stereocenters. The maximum Gasteiger partial charge on any atom is 0.0323 e. The second kappa shape index (κ2) is 4.21. The molecule has 0 spiro atoms. The molecule has 0 radical (unpaired) electrons. The Morgan fingerprint density at radius 3 is 2.06 bits per heavy atom. The lowest BCUT2D eigenvalue weighted by Crippen LogP contribution is -2.26.